The van der Waals surface area contributed by atoms with Gasteiger partial charge >= 0.3 is 12.1 Å². The van der Waals surface area contributed by atoms with Crippen LogP contribution in [0.2, 0.25) is 0 Å². The number of carbonyl (C=O) groups is 2. The third-order valence-corrected chi connectivity index (χ3v) is 6.04. The third kappa shape index (κ3) is 4.88. The fraction of sp³-hybridized carbons (Fsp3) is 0.107. The summed E-state index contributed by atoms with van der Waals surface area (Å²) >= 11 is 0. The molecule has 0 bridgehead atoms. The van der Waals surface area contributed by atoms with E-state index in [0.29, 0.717) is 0 Å². The lowest BCUT2D eigenvalue weighted by Gasteiger charge is -2.26. The summed E-state index contributed by atoms with van der Waals surface area (Å²) in [5, 5.41) is 9.50. The van der Waals surface area contributed by atoms with Crippen LogP contribution >= 0.6 is 0 Å². The second-order valence-electron chi connectivity index (χ2n) is 8.36. The van der Waals surface area contributed by atoms with Crippen LogP contribution in [0.15, 0.2) is 102 Å². The summed E-state index contributed by atoms with van der Waals surface area (Å²) in [4.78, 5) is 28.4. The maximum absolute atomic E-state index is 13.4. The van der Waals surface area contributed by atoms with Crippen LogP contribution in [0.3, 0.4) is 0 Å². The number of nitrogens with zero attached hydrogens (tertiary/aromatic N) is 2. The molecule has 6 nitrogen and oxygen atoms in total. The molecule has 4 aromatic carbocycles. The summed E-state index contributed by atoms with van der Waals surface area (Å²) in [5.74, 6) is -2.69. The molecule has 3 N–H and O–H groups in total. The number of rotatable bonds is 3. The highest BCUT2D eigenvalue weighted by atomic mass is 19.4. The molecule has 188 valence electrons. The Morgan fingerprint density at radius 3 is 2.00 bits per heavy atom. The molecule has 0 aliphatic carbocycles. The van der Waals surface area contributed by atoms with Gasteiger partial charge in [0.05, 0.1) is 0 Å². The van der Waals surface area contributed by atoms with Gasteiger partial charge in [0, 0.05) is 7.05 Å². The van der Waals surface area contributed by atoms with Gasteiger partial charge in [-0.3, -0.25) is 9.69 Å². The summed E-state index contributed by atoms with van der Waals surface area (Å²) in [6.45, 7) is 0. The number of aliphatic carboxylic acids is 1. The number of alkyl halides is 3. The molecule has 1 aliphatic rings. The first-order valence-corrected chi connectivity index (χ1v) is 11.1. The van der Waals surface area contributed by atoms with E-state index in [9.17, 15) is 18.0 Å². The van der Waals surface area contributed by atoms with E-state index in [0.717, 1.165) is 22.3 Å². The van der Waals surface area contributed by atoms with Crippen molar-refractivity contribution in [3.8, 4) is 11.1 Å². The zero-order valence-electron chi connectivity index (χ0n) is 19.6. The summed E-state index contributed by atoms with van der Waals surface area (Å²) in [7, 11) is 1.67. The Hall–Kier alpha value is -4.66. The minimum absolute atomic E-state index is 0.151. The van der Waals surface area contributed by atoms with E-state index >= 15 is 0 Å². The highest BCUT2D eigenvalue weighted by molar-refractivity contribution is 6.09. The number of halogens is 3. The van der Waals surface area contributed by atoms with Crippen molar-refractivity contribution in [2.45, 2.75) is 11.7 Å². The second kappa shape index (κ2) is 9.77. The number of guanidine groups is 1. The fourth-order valence-electron chi connectivity index (χ4n) is 4.16. The monoisotopic (exact) mass is 505 g/mol. The van der Waals surface area contributed by atoms with Gasteiger partial charge in [-0.25, -0.2) is 9.79 Å². The quantitative estimate of drug-likeness (QED) is 0.402. The van der Waals surface area contributed by atoms with Crippen LogP contribution in [0.4, 0.5) is 13.2 Å². The maximum Gasteiger partial charge on any atom is 0.490 e. The Balaban J connectivity index is 0.000000405. The second-order valence-corrected chi connectivity index (χ2v) is 8.36. The van der Waals surface area contributed by atoms with Crippen molar-refractivity contribution in [2.24, 2.45) is 10.7 Å². The number of aliphatic imine (C=N–C) groups is 1. The number of benzene rings is 4. The van der Waals surface area contributed by atoms with E-state index in [1.54, 1.807) is 7.05 Å². The standard InChI is InChI=1S/C26H21N3O.C2HF3O2/c1-29-24(30)26(28-25(29)27,22-11-3-2-4-12-22)23-13-7-10-20(17-23)21-15-14-18-8-5-6-9-19(18)16-21;3-2(4,5)1(6)7/h2-17H,1H3,(H2,27,28);(H,6,7). The fourth-order valence-corrected chi connectivity index (χ4v) is 4.16. The smallest absolute Gasteiger partial charge is 0.475 e. The Bertz CT molecular complexity index is 1500. The van der Waals surface area contributed by atoms with Crippen LogP contribution in [-0.2, 0) is 15.1 Å². The van der Waals surface area contributed by atoms with E-state index < -0.39 is 17.7 Å². The van der Waals surface area contributed by atoms with Crippen LogP contribution in [0, 0.1) is 0 Å². The number of amides is 1. The normalized spacial score (nSPS) is 17.2. The van der Waals surface area contributed by atoms with Crippen LogP contribution in [0.5, 0.6) is 0 Å². The van der Waals surface area contributed by atoms with Gasteiger partial charge in [-0.15, -0.1) is 0 Å². The predicted molar refractivity (Wildman–Crippen MR) is 135 cm³/mol. The lowest BCUT2D eigenvalue weighted by Crippen LogP contribution is -2.41. The molecule has 1 atom stereocenters. The van der Waals surface area contributed by atoms with Crippen molar-refractivity contribution in [3.63, 3.8) is 0 Å². The predicted octanol–water partition coefficient (Wildman–Crippen LogP) is 5.17. The molecule has 0 aromatic heterocycles. The minimum Gasteiger partial charge on any atom is -0.475 e. The maximum atomic E-state index is 13.4. The molecule has 0 saturated heterocycles. The third-order valence-electron chi connectivity index (χ3n) is 6.04. The number of nitrogens with two attached hydrogens (primary N) is 1. The number of fused-ring (bicyclic) bond motifs is 1. The molecule has 0 radical (unpaired) electrons. The van der Waals surface area contributed by atoms with E-state index in [2.05, 4.69) is 41.4 Å². The van der Waals surface area contributed by atoms with Crippen LogP contribution in [0.25, 0.3) is 21.9 Å². The number of carboxylic acid groups (broad SMARTS) is 1. The Kier molecular flexibility index (Phi) is 6.72. The van der Waals surface area contributed by atoms with Gasteiger partial charge in [-0.05, 0) is 45.2 Å². The average Bonchev–Trinajstić information content (AvgIpc) is 3.13. The van der Waals surface area contributed by atoms with Crippen LogP contribution in [0.1, 0.15) is 11.1 Å². The first kappa shape index (κ1) is 25.4. The first-order valence-electron chi connectivity index (χ1n) is 11.1. The molecule has 1 heterocycles. The average molecular weight is 505 g/mol. The van der Waals surface area contributed by atoms with Crippen molar-refractivity contribution in [3.05, 3.63) is 108 Å². The van der Waals surface area contributed by atoms with E-state index in [1.165, 1.54) is 15.7 Å². The van der Waals surface area contributed by atoms with Gasteiger partial charge in [0.2, 0.25) is 0 Å². The highest BCUT2D eigenvalue weighted by Gasteiger charge is 2.49. The molecular formula is C28H22F3N3O3. The van der Waals surface area contributed by atoms with Crippen LogP contribution < -0.4 is 5.73 Å². The summed E-state index contributed by atoms with van der Waals surface area (Å²) in [5.41, 5.74) is 8.64. The summed E-state index contributed by atoms with van der Waals surface area (Å²) < 4.78 is 31.7. The molecule has 1 aliphatic heterocycles. The molecule has 0 fully saturated rings. The minimum atomic E-state index is -5.08. The molecule has 37 heavy (non-hydrogen) atoms. The Labute approximate surface area is 210 Å². The topological polar surface area (TPSA) is 96.0 Å². The van der Waals surface area contributed by atoms with Crippen molar-refractivity contribution in [1.82, 2.24) is 4.90 Å². The highest BCUT2D eigenvalue weighted by Crippen LogP contribution is 2.40. The van der Waals surface area contributed by atoms with Crippen LogP contribution in [-0.4, -0.2) is 41.1 Å². The zero-order valence-corrected chi connectivity index (χ0v) is 19.6. The van der Waals surface area contributed by atoms with Gasteiger partial charge in [0.25, 0.3) is 5.91 Å². The van der Waals surface area contributed by atoms with E-state index in [1.807, 2.05) is 60.7 Å². The molecule has 0 spiro atoms. The van der Waals surface area contributed by atoms with E-state index in [-0.39, 0.29) is 11.9 Å². The van der Waals surface area contributed by atoms with Gasteiger partial charge < -0.3 is 10.8 Å². The van der Waals surface area contributed by atoms with Crippen molar-refractivity contribution in [1.29, 1.82) is 0 Å². The zero-order chi connectivity index (χ0) is 26.8. The van der Waals surface area contributed by atoms with Crippen molar-refractivity contribution < 1.29 is 27.9 Å². The van der Waals surface area contributed by atoms with Crippen molar-refractivity contribution in [2.75, 3.05) is 7.05 Å². The van der Waals surface area contributed by atoms with E-state index in [4.69, 9.17) is 15.6 Å². The first-order chi connectivity index (χ1) is 17.5. The lowest BCUT2D eigenvalue weighted by molar-refractivity contribution is -0.192. The Morgan fingerprint density at radius 2 is 1.41 bits per heavy atom. The number of hydrogen-bond acceptors (Lipinski definition) is 4. The molecule has 4 aromatic rings. The number of hydrogen-bond donors (Lipinski definition) is 2. The molecule has 1 amide bonds. The molecule has 0 saturated carbocycles. The SMILES string of the molecule is CN1C(=O)C(c2ccccc2)(c2cccc(-c3ccc4ccccc4c3)c2)N=C1N.O=C(O)C(F)(F)F. The van der Waals surface area contributed by atoms with Crippen molar-refractivity contribution >= 4 is 28.6 Å². The van der Waals surface area contributed by atoms with Gasteiger partial charge in [-0.1, -0.05) is 84.9 Å². The number of likely N-dealkylation sites (N-methyl/N-ethyl adjacent to an activating group) is 1. The summed E-state index contributed by atoms with van der Waals surface area (Å²) in [6.07, 6.45) is -5.08. The molecule has 5 rings (SSSR count). The number of carbonyl (C=O) groups excluding carboxylic acids is 1. The summed E-state index contributed by atoms with van der Waals surface area (Å²) in [6, 6.07) is 32.3. The van der Waals surface area contributed by atoms with Gasteiger partial charge in [0.1, 0.15) is 0 Å². The molecule has 1 unspecified atom stereocenters. The van der Waals surface area contributed by atoms with Gasteiger partial charge in [-0.2, -0.15) is 13.2 Å². The largest absolute Gasteiger partial charge is 0.490 e. The number of carboxylic acids is 1. The molecular weight excluding hydrogens is 483 g/mol. The van der Waals surface area contributed by atoms with Gasteiger partial charge in [0.15, 0.2) is 11.5 Å². The Morgan fingerprint density at radius 1 is 0.838 bits per heavy atom. The lowest BCUT2D eigenvalue weighted by atomic mass is 9.81. The molecule has 9 heteroatoms.